The zero-order valence-corrected chi connectivity index (χ0v) is 15.4. The number of para-hydroxylation sites is 1. The Hall–Kier alpha value is -2.82. The molecular formula is C21H25N5. The number of anilines is 1. The maximum absolute atomic E-state index is 6.26. The Bertz CT molecular complexity index is 1000. The Balaban J connectivity index is 1.94. The fourth-order valence-electron chi connectivity index (χ4n) is 3.86. The van der Waals surface area contributed by atoms with Gasteiger partial charge in [0.25, 0.3) is 0 Å². The van der Waals surface area contributed by atoms with Gasteiger partial charge in [-0.3, -0.25) is 4.40 Å². The van der Waals surface area contributed by atoms with E-state index in [-0.39, 0.29) is 0 Å². The van der Waals surface area contributed by atoms with Gasteiger partial charge in [0.1, 0.15) is 22.9 Å². The largest absolute Gasteiger partial charge is 0.382 e. The molecule has 0 saturated heterocycles. The lowest BCUT2D eigenvalue weighted by Crippen LogP contribution is -2.05. The van der Waals surface area contributed by atoms with Crippen LogP contribution in [-0.2, 0) is 0 Å². The predicted molar refractivity (Wildman–Crippen MR) is 107 cm³/mol. The van der Waals surface area contributed by atoms with Crippen LogP contribution in [0.15, 0.2) is 42.7 Å². The molecule has 0 atom stereocenters. The first-order chi connectivity index (χ1) is 12.7. The highest BCUT2D eigenvalue weighted by atomic mass is 15.1. The van der Waals surface area contributed by atoms with Gasteiger partial charge in [-0.1, -0.05) is 44.9 Å². The molecule has 0 amide bonds. The first kappa shape index (κ1) is 16.6. The van der Waals surface area contributed by atoms with Crippen LogP contribution < -0.4 is 5.73 Å². The van der Waals surface area contributed by atoms with Crippen molar-refractivity contribution in [3.8, 4) is 11.4 Å². The van der Waals surface area contributed by atoms with Gasteiger partial charge in [-0.15, -0.1) is 0 Å². The number of rotatable bonds is 6. The molecule has 0 aliphatic carbocycles. The smallest absolute Gasteiger partial charge is 0.150 e. The topological polar surface area (TPSA) is 72.0 Å². The van der Waals surface area contributed by atoms with E-state index in [2.05, 4.69) is 46.4 Å². The summed E-state index contributed by atoms with van der Waals surface area (Å²) in [6.45, 7) is 4.46. The molecule has 5 nitrogen and oxygen atoms in total. The van der Waals surface area contributed by atoms with E-state index in [0.717, 1.165) is 53.9 Å². The monoisotopic (exact) mass is 347 g/mol. The molecule has 0 unspecified atom stereocenters. The Morgan fingerprint density at radius 3 is 2.65 bits per heavy atom. The number of aromatic amines is 1. The van der Waals surface area contributed by atoms with E-state index in [4.69, 9.17) is 10.7 Å². The number of nitrogens with one attached hydrogen (secondary N) is 1. The van der Waals surface area contributed by atoms with Gasteiger partial charge in [0.15, 0.2) is 0 Å². The highest BCUT2D eigenvalue weighted by Gasteiger charge is 2.22. The van der Waals surface area contributed by atoms with Crippen LogP contribution in [0.5, 0.6) is 0 Å². The second kappa shape index (κ2) is 6.83. The van der Waals surface area contributed by atoms with Crippen LogP contribution in [0.3, 0.4) is 0 Å². The highest BCUT2D eigenvalue weighted by Crippen LogP contribution is 2.34. The number of nitrogens with two attached hydrogens (primary N) is 1. The number of benzene rings is 1. The SMILES string of the molecule is CCCC(CCC)c1nc(-c2cc3ccccc3[nH]2)c2c(N)nccn12. The van der Waals surface area contributed by atoms with Gasteiger partial charge in [0.05, 0.1) is 5.69 Å². The summed E-state index contributed by atoms with van der Waals surface area (Å²) in [5.74, 6) is 2.04. The Labute approximate surface area is 153 Å². The lowest BCUT2D eigenvalue weighted by atomic mass is 9.97. The summed E-state index contributed by atoms with van der Waals surface area (Å²) < 4.78 is 2.14. The van der Waals surface area contributed by atoms with Gasteiger partial charge in [0.2, 0.25) is 0 Å². The number of hydrogen-bond donors (Lipinski definition) is 2. The number of nitrogens with zero attached hydrogens (tertiary/aromatic N) is 3. The molecule has 0 spiro atoms. The highest BCUT2D eigenvalue weighted by molar-refractivity contribution is 5.91. The third kappa shape index (κ3) is 2.73. The number of H-pyrrole nitrogens is 1. The second-order valence-corrected chi connectivity index (χ2v) is 6.89. The van der Waals surface area contributed by atoms with Crippen LogP contribution in [0, 0.1) is 0 Å². The van der Waals surface area contributed by atoms with Crippen molar-refractivity contribution in [2.45, 2.75) is 45.4 Å². The second-order valence-electron chi connectivity index (χ2n) is 6.89. The van der Waals surface area contributed by atoms with E-state index in [9.17, 15) is 0 Å². The molecule has 5 heteroatoms. The molecule has 3 N–H and O–H groups in total. The lowest BCUT2D eigenvalue weighted by molar-refractivity contribution is 0.532. The molecule has 0 radical (unpaired) electrons. The van der Waals surface area contributed by atoms with Crippen LogP contribution in [0.4, 0.5) is 5.82 Å². The zero-order valence-electron chi connectivity index (χ0n) is 15.4. The standard InChI is InChI=1S/C21H25N5/c1-3-7-14(8-4-2)21-25-18(19-20(22)23-11-12-26(19)21)17-13-15-9-5-6-10-16(15)24-17/h5-6,9-14,24H,3-4,7-8H2,1-2H3,(H2,22,23). The van der Waals surface area contributed by atoms with Gasteiger partial charge in [-0.05, 0) is 25.0 Å². The van der Waals surface area contributed by atoms with Crippen molar-refractivity contribution in [1.29, 1.82) is 0 Å². The minimum absolute atomic E-state index is 0.428. The Kier molecular flexibility index (Phi) is 4.37. The summed E-state index contributed by atoms with van der Waals surface area (Å²) in [6, 6.07) is 10.4. The molecule has 0 aliphatic rings. The predicted octanol–water partition coefficient (Wildman–Crippen LogP) is 5.14. The van der Waals surface area contributed by atoms with Gasteiger partial charge in [-0.25, -0.2) is 9.97 Å². The van der Waals surface area contributed by atoms with E-state index in [0.29, 0.717) is 11.7 Å². The van der Waals surface area contributed by atoms with Crippen molar-refractivity contribution in [1.82, 2.24) is 19.4 Å². The maximum atomic E-state index is 6.26. The maximum Gasteiger partial charge on any atom is 0.150 e. The minimum atomic E-state index is 0.428. The van der Waals surface area contributed by atoms with E-state index in [1.165, 1.54) is 5.39 Å². The first-order valence-corrected chi connectivity index (χ1v) is 9.43. The lowest BCUT2D eigenvalue weighted by Gasteiger charge is -2.14. The molecule has 0 saturated carbocycles. The summed E-state index contributed by atoms with van der Waals surface area (Å²) in [7, 11) is 0. The molecule has 0 fully saturated rings. The van der Waals surface area contributed by atoms with Crippen LogP contribution in [-0.4, -0.2) is 19.4 Å². The third-order valence-corrected chi connectivity index (χ3v) is 5.03. The van der Waals surface area contributed by atoms with E-state index >= 15 is 0 Å². The molecule has 4 aromatic rings. The molecule has 134 valence electrons. The molecule has 26 heavy (non-hydrogen) atoms. The number of imidazole rings is 1. The molecule has 3 aromatic heterocycles. The molecule has 3 heterocycles. The number of fused-ring (bicyclic) bond motifs is 2. The van der Waals surface area contributed by atoms with Gasteiger partial charge in [0, 0.05) is 29.2 Å². The van der Waals surface area contributed by atoms with Gasteiger partial charge < -0.3 is 10.7 Å². The Morgan fingerprint density at radius 2 is 1.92 bits per heavy atom. The van der Waals surface area contributed by atoms with Crippen LogP contribution in [0.1, 0.15) is 51.3 Å². The summed E-state index contributed by atoms with van der Waals surface area (Å²) in [4.78, 5) is 12.9. The quantitative estimate of drug-likeness (QED) is 0.507. The van der Waals surface area contributed by atoms with Crippen molar-refractivity contribution in [2.75, 3.05) is 5.73 Å². The van der Waals surface area contributed by atoms with Gasteiger partial charge >= 0.3 is 0 Å². The number of nitrogen functional groups attached to an aromatic ring is 1. The van der Waals surface area contributed by atoms with Crippen molar-refractivity contribution < 1.29 is 0 Å². The van der Waals surface area contributed by atoms with Gasteiger partial charge in [-0.2, -0.15) is 0 Å². The van der Waals surface area contributed by atoms with Crippen molar-refractivity contribution >= 4 is 22.2 Å². The molecule has 0 bridgehead atoms. The fourth-order valence-corrected chi connectivity index (χ4v) is 3.86. The average molecular weight is 347 g/mol. The van der Waals surface area contributed by atoms with Crippen LogP contribution in [0.25, 0.3) is 27.8 Å². The number of hydrogen-bond acceptors (Lipinski definition) is 3. The molecule has 1 aromatic carbocycles. The average Bonchev–Trinajstić information content (AvgIpc) is 3.23. The van der Waals surface area contributed by atoms with Crippen molar-refractivity contribution in [3.63, 3.8) is 0 Å². The van der Waals surface area contributed by atoms with Crippen molar-refractivity contribution in [3.05, 3.63) is 48.5 Å². The third-order valence-electron chi connectivity index (χ3n) is 5.03. The first-order valence-electron chi connectivity index (χ1n) is 9.43. The molecule has 0 aliphatic heterocycles. The summed E-state index contributed by atoms with van der Waals surface area (Å²) >= 11 is 0. The zero-order chi connectivity index (χ0) is 18.1. The summed E-state index contributed by atoms with van der Waals surface area (Å²) in [6.07, 6.45) is 8.28. The Morgan fingerprint density at radius 1 is 1.15 bits per heavy atom. The summed E-state index contributed by atoms with van der Waals surface area (Å²) in [5.41, 5.74) is 10.1. The molecule has 4 rings (SSSR count). The van der Waals surface area contributed by atoms with E-state index in [1.54, 1.807) is 6.20 Å². The summed E-state index contributed by atoms with van der Waals surface area (Å²) in [5, 5.41) is 1.17. The van der Waals surface area contributed by atoms with Crippen molar-refractivity contribution in [2.24, 2.45) is 0 Å². The minimum Gasteiger partial charge on any atom is -0.382 e. The van der Waals surface area contributed by atoms with E-state index < -0.39 is 0 Å². The van der Waals surface area contributed by atoms with E-state index in [1.807, 2.05) is 18.3 Å². The normalized spacial score (nSPS) is 11.8. The van der Waals surface area contributed by atoms with Crippen LogP contribution >= 0.6 is 0 Å². The molecular weight excluding hydrogens is 322 g/mol. The fraction of sp³-hybridized carbons (Fsp3) is 0.333. The van der Waals surface area contributed by atoms with Crippen LogP contribution in [0.2, 0.25) is 0 Å². The number of aromatic nitrogens is 4.